The van der Waals surface area contributed by atoms with E-state index >= 15 is 0 Å². The van der Waals surface area contributed by atoms with Gasteiger partial charge in [0.1, 0.15) is 0 Å². The summed E-state index contributed by atoms with van der Waals surface area (Å²) in [4.78, 5) is 6.69. The fraction of sp³-hybridized carbons (Fsp3) is 0.308. The Morgan fingerprint density at radius 3 is 2.25 bits per heavy atom. The first-order chi connectivity index (χ1) is 7.59. The Morgan fingerprint density at radius 2 is 1.75 bits per heavy atom. The zero-order valence-corrected chi connectivity index (χ0v) is 10.9. The van der Waals surface area contributed by atoms with Crippen LogP contribution in [0.2, 0.25) is 0 Å². The molecule has 0 aliphatic carbocycles. The van der Waals surface area contributed by atoms with Crippen molar-refractivity contribution in [2.24, 2.45) is 0 Å². The Bertz CT molecular complexity index is 480. The minimum Gasteiger partial charge on any atom is -0.354 e. The van der Waals surface area contributed by atoms with Crippen molar-refractivity contribution in [3.8, 4) is 11.3 Å². The Hall–Kier alpha value is -1.35. The quantitative estimate of drug-likeness (QED) is 0.788. The lowest BCUT2D eigenvalue weighted by molar-refractivity contribution is 1.10. The summed E-state index contributed by atoms with van der Waals surface area (Å²) in [6.45, 7) is 4.27. The van der Waals surface area contributed by atoms with Crippen LogP contribution >= 0.6 is 11.3 Å². The highest BCUT2D eigenvalue weighted by Gasteiger charge is 2.10. The lowest BCUT2D eigenvalue weighted by atomic mass is 10.0. The Balaban J connectivity index is 2.50. The van der Waals surface area contributed by atoms with Crippen LogP contribution in [-0.2, 0) is 0 Å². The molecule has 2 nitrogen and oxygen atoms in total. The molecule has 2 rings (SSSR count). The zero-order chi connectivity index (χ0) is 11.7. The number of benzene rings is 1. The molecule has 0 unspecified atom stereocenters. The number of nitrogens with zero attached hydrogens (tertiary/aromatic N) is 2. The number of rotatable bonds is 2. The number of aryl methyl sites for hydroxylation is 2. The molecule has 0 saturated carbocycles. The van der Waals surface area contributed by atoms with Crippen molar-refractivity contribution in [2.75, 3.05) is 19.0 Å². The predicted molar refractivity (Wildman–Crippen MR) is 71.4 cm³/mol. The largest absolute Gasteiger partial charge is 0.354 e. The van der Waals surface area contributed by atoms with Crippen molar-refractivity contribution in [3.63, 3.8) is 0 Å². The molecule has 0 bridgehead atoms. The molecule has 84 valence electrons. The van der Waals surface area contributed by atoms with Crippen LogP contribution in [-0.4, -0.2) is 19.1 Å². The van der Waals surface area contributed by atoms with Gasteiger partial charge in [0.15, 0.2) is 5.13 Å². The van der Waals surface area contributed by atoms with Crippen molar-refractivity contribution < 1.29 is 0 Å². The van der Waals surface area contributed by atoms with E-state index in [2.05, 4.69) is 42.4 Å². The molecule has 0 aliphatic rings. The lowest BCUT2D eigenvalue weighted by Crippen LogP contribution is -2.07. The monoisotopic (exact) mass is 232 g/mol. The summed E-state index contributed by atoms with van der Waals surface area (Å²) in [6, 6.07) is 6.36. The second-order valence-corrected chi connectivity index (χ2v) is 5.01. The van der Waals surface area contributed by atoms with Crippen LogP contribution in [0.5, 0.6) is 0 Å². The molecule has 1 aromatic heterocycles. The molecule has 0 amide bonds. The molecule has 3 heteroatoms. The first-order valence-electron chi connectivity index (χ1n) is 5.29. The van der Waals surface area contributed by atoms with Gasteiger partial charge in [-0.2, -0.15) is 0 Å². The number of hydrogen-bond donors (Lipinski definition) is 0. The van der Waals surface area contributed by atoms with Gasteiger partial charge in [-0.15, -0.1) is 11.3 Å². The summed E-state index contributed by atoms with van der Waals surface area (Å²) in [6.07, 6.45) is 0. The van der Waals surface area contributed by atoms with Crippen LogP contribution in [0.15, 0.2) is 23.6 Å². The summed E-state index contributed by atoms with van der Waals surface area (Å²) >= 11 is 1.68. The highest BCUT2D eigenvalue weighted by molar-refractivity contribution is 7.14. The second-order valence-electron chi connectivity index (χ2n) is 4.18. The number of aromatic nitrogens is 1. The highest BCUT2D eigenvalue weighted by Crippen LogP contribution is 2.30. The summed E-state index contributed by atoms with van der Waals surface area (Å²) < 4.78 is 0. The molecule has 0 fully saturated rings. The molecule has 0 aliphatic heterocycles. The molecule has 0 saturated heterocycles. The average Bonchev–Trinajstić information content (AvgIpc) is 2.66. The number of anilines is 1. The SMILES string of the molecule is Cc1cccc(C)c1-c1csc(N(C)C)n1. The van der Waals surface area contributed by atoms with E-state index in [-0.39, 0.29) is 0 Å². The van der Waals surface area contributed by atoms with Crippen LogP contribution in [0.4, 0.5) is 5.13 Å². The van der Waals surface area contributed by atoms with Gasteiger partial charge in [-0.25, -0.2) is 4.98 Å². The Morgan fingerprint density at radius 1 is 1.12 bits per heavy atom. The Labute approximate surface area is 101 Å². The third kappa shape index (κ3) is 1.95. The van der Waals surface area contributed by atoms with Crippen LogP contribution < -0.4 is 4.90 Å². The average molecular weight is 232 g/mol. The van der Waals surface area contributed by atoms with Crippen LogP contribution in [0, 0.1) is 13.8 Å². The molecule has 2 aromatic rings. The topological polar surface area (TPSA) is 16.1 Å². The molecule has 0 N–H and O–H groups in total. The summed E-state index contributed by atoms with van der Waals surface area (Å²) in [5, 5.41) is 3.18. The van der Waals surface area contributed by atoms with Gasteiger partial charge in [0, 0.05) is 25.0 Å². The number of hydrogen-bond acceptors (Lipinski definition) is 3. The van der Waals surface area contributed by atoms with Crippen LogP contribution in [0.1, 0.15) is 11.1 Å². The van der Waals surface area contributed by atoms with Gasteiger partial charge >= 0.3 is 0 Å². The van der Waals surface area contributed by atoms with E-state index in [4.69, 9.17) is 0 Å². The van der Waals surface area contributed by atoms with Gasteiger partial charge < -0.3 is 4.90 Å². The molecule has 1 heterocycles. The third-order valence-corrected chi connectivity index (χ3v) is 3.62. The smallest absolute Gasteiger partial charge is 0.185 e. The predicted octanol–water partition coefficient (Wildman–Crippen LogP) is 3.49. The van der Waals surface area contributed by atoms with Gasteiger partial charge in [-0.3, -0.25) is 0 Å². The van der Waals surface area contributed by atoms with Gasteiger partial charge in [0.25, 0.3) is 0 Å². The normalized spacial score (nSPS) is 10.5. The van der Waals surface area contributed by atoms with Crippen molar-refractivity contribution in [1.82, 2.24) is 4.98 Å². The van der Waals surface area contributed by atoms with Crippen molar-refractivity contribution in [1.29, 1.82) is 0 Å². The van der Waals surface area contributed by atoms with Gasteiger partial charge in [-0.1, -0.05) is 18.2 Å². The minimum atomic E-state index is 1.05. The molecular weight excluding hydrogens is 216 g/mol. The molecule has 0 atom stereocenters. The number of thiazole rings is 1. The maximum atomic E-state index is 4.65. The van der Waals surface area contributed by atoms with Gasteiger partial charge in [0.05, 0.1) is 5.69 Å². The van der Waals surface area contributed by atoms with E-state index in [1.807, 2.05) is 19.0 Å². The Kier molecular flexibility index (Phi) is 2.97. The van der Waals surface area contributed by atoms with E-state index in [0.29, 0.717) is 0 Å². The third-order valence-electron chi connectivity index (χ3n) is 2.61. The lowest BCUT2D eigenvalue weighted by Gasteiger charge is -2.08. The first kappa shape index (κ1) is 11.1. The maximum absolute atomic E-state index is 4.65. The molecular formula is C13H16N2S. The molecule has 0 spiro atoms. The van der Waals surface area contributed by atoms with Crippen molar-refractivity contribution >= 4 is 16.5 Å². The zero-order valence-electron chi connectivity index (χ0n) is 10.1. The molecule has 16 heavy (non-hydrogen) atoms. The van der Waals surface area contributed by atoms with E-state index in [0.717, 1.165) is 10.8 Å². The van der Waals surface area contributed by atoms with E-state index in [9.17, 15) is 0 Å². The minimum absolute atomic E-state index is 1.05. The van der Waals surface area contributed by atoms with Crippen LogP contribution in [0.25, 0.3) is 11.3 Å². The summed E-state index contributed by atoms with van der Waals surface area (Å²) in [7, 11) is 4.04. The van der Waals surface area contributed by atoms with E-state index in [1.54, 1.807) is 11.3 Å². The fourth-order valence-electron chi connectivity index (χ4n) is 1.80. The van der Waals surface area contributed by atoms with Crippen molar-refractivity contribution in [2.45, 2.75) is 13.8 Å². The first-order valence-corrected chi connectivity index (χ1v) is 6.17. The van der Waals surface area contributed by atoms with Crippen molar-refractivity contribution in [3.05, 3.63) is 34.7 Å². The second kappa shape index (κ2) is 4.26. The van der Waals surface area contributed by atoms with Crippen LogP contribution in [0.3, 0.4) is 0 Å². The summed E-state index contributed by atoms with van der Waals surface area (Å²) in [5.41, 5.74) is 4.93. The molecule has 1 aromatic carbocycles. The van der Waals surface area contributed by atoms with Gasteiger partial charge in [-0.05, 0) is 25.0 Å². The van der Waals surface area contributed by atoms with Gasteiger partial charge in [0.2, 0.25) is 0 Å². The maximum Gasteiger partial charge on any atom is 0.185 e. The summed E-state index contributed by atoms with van der Waals surface area (Å²) in [5.74, 6) is 0. The van der Waals surface area contributed by atoms with E-state index < -0.39 is 0 Å². The van der Waals surface area contributed by atoms with E-state index in [1.165, 1.54) is 16.7 Å². The fourth-order valence-corrected chi connectivity index (χ4v) is 2.55. The standard InChI is InChI=1S/C13H16N2S/c1-9-6-5-7-10(2)12(9)11-8-16-13(14-11)15(3)4/h5-8H,1-4H3. The highest BCUT2D eigenvalue weighted by atomic mass is 32.1. The molecule has 0 radical (unpaired) electrons.